The summed E-state index contributed by atoms with van der Waals surface area (Å²) in [5, 5.41) is 19.8. The molecular formula is C28H26Cl2N8O3S. The van der Waals surface area contributed by atoms with E-state index in [2.05, 4.69) is 31.0 Å². The van der Waals surface area contributed by atoms with Gasteiger partial charge >= 0.3 is 0 Å². The highest BCUT2D eigenvalue weighted by atomic mass is 35.5. The van der Waals surface area contributed by atoms with Crippen molar-refractivity contribution in [3.05, 3.63) is 81.2 Å². The molecule has 42 heavy (non-hydrogen) atoms. The lowest BCUT2D eigenvalue weighted by atomic mass is 10.1. The third kappa shape index (κ3) is 5.87. The molecule has 6 rings (SSSR count). The van der Waals surface area contributed by atoms with Gasteiger partial charge in [0.2, 0.25) is 11.8 Å². The van der Waals surface area contributed by atoms with E-state index < -0.39 is 0 Å². The number of fused-ring (bicyclic) bond motifs is 2. The molecule has 2 aromatic carbocycles. The monoisotopic (exact) mass is 624 g/mol. The number of hydrogen-bond donors (Lipinski definition) is 3. The molecule has 0 unspecified atom stereocenters. The molecule has 0 saturated carbocycles. The van der Waals surface area contributed by atoms with Crippen LogP contribution in [0.4, 0.5) is 0 Å². The molecule has 3 N–H and O–H groups in total. The molecule has 2 amide bonds. The fraction of sp³-hybridized carbons (Fsp3) is 0.214. The molecule has 0 aliphatic carbocycles. The summed E-state index contributed by atoms with van der Waals surface area (Å²) in [6.45, 7) is 2.06. The van der Waals surface area contributed by atoms with Crippen molar-refractivity contribution in [2.24, 2.45) is 0 Å². The Labute approximate surface area is 255 Å². The number of amides is 2. The molecule has 1 atom stereocenters. The van der Waals surface area contributed by atoms with Crippen molar-refractivity contribution in [3.8, 4) is 11.4 Å². The fourth-order valence-electron chi connectivity index (χ4n) is 4.76. The summed E-state index contributed by atoms with van der Waals surface area (Å²) in [6.07, 6.45) is 2.48. The second kappa shape index (κ2) is 12.3. The van der Waals surface area contributed by atoms with Crippen molar-refractivity contribution in [1.29, 1.82) is 0 Å². The number of carbonyl (C=O) groups is 2. The molecule has 0 bridgehead atoms. The number of hydrogen-bond acceptors (Lipinski definition) is 8. The number of nitrogens with zero attached hydrogens (tertiary/aromatic N) is 5. The lowest BCUT2D eigenvalue weighted by molar-refractivity contribution is -0.122. The predicted molar refractivity (Wildman–Crippen MR) is 163 cm³/mol. The quantitative estimate of drug-likeness (QED) is 0.197. The van der Waals surface area contributed by atoms with E-state index in [1.54, 1.807) is 36.7 Å². The average Bonchev–Trinajstić information content (AvgIpc) is 3.78. The summed E-state index contributed by atoms with van der Waals surface area (Å²) in [6, 6.07) is 12.9. The van der Waals surface area contributed by atoms with Gasteiger partial charge in [-0.3, -0.25) is 14.7 Å². The number of aromatic nitrogens is 6. The first-order chi connectivity index (χ1) is 19.9. The summed E-state index contributed by atoms with van der Waals surface area (Å²) in [5.74, 6) is 1.05. The van der Waals surface area contributed by atoms with Gasteiger partial charge in [0.15, 0.2) is 5.82 Å². The van der Waals surface area contributed by atoms with Crippen molar-refractivity contribution < 1.29 is 14.1 Å². The van der Waals surface area contributed by atoms with Crippen LogP contribution in [0.25, 0.3) is 33.3 Å². The normalized spacial score (nSPS) is 11.9. The lowest BCUT2D eigenvalue weighted by Crippen LogP contribution is -2.25. The number of aromatic amines is 1. The van der Waals surface area contributed by atoms with Crippen LogP contribution in [0.1, 0.15) is 46.3 Å². The van der Waals surface area contributed by atoms with Crippen molar-refractivity contribution in [1.82, 2.24) is 40.5 Å². The van der Waals surface area contributed by atoms with Crippen LogP contribution in [0.5, 0.6) is 0 Å². The maximum atomic E-state index is 13.0. The minimum atomic E-state index is -0.313. The molecule has 4 heterocycles. The van der Waals surface area contributed by atoms with Crippen LogP contribution >= 0.6 is 35.3 Å². The van der Waals surface area contributed by atoms with Crippen molar-refractivity contribution >= 4 is 69.1 Å². The maximum Gasteiger partial charge on any atom is 0.252 e. The van der Waals surface area contributed by atoms with E-state index in [1.165, 1.54) is 0 Å². The van der Waals surface area contributed by atoms with Crippen LogP contribution < -0.4 is 10.6 Å². The van der Waals surface area contributed by atoms with E-state index in [0.717, 1.165) is 21.3 Å². The van der Waals surface area contributed by atoms with Gasteiger partial charge in [-0.25, -0.2) is 4.98 Å². The number of rotatable bonds is 9. The van der Waals surface area contributed by atoms with Crippen LogP contribution in [0.3, 0.4) is 0 Å². The Kier molecular flexibility index (Phi) is 8.57. The van der Waals surface area contributed by atoms with Gasteiger partial charge in [-0.1, -0.05) is 35.0 Å². The first kappa shape index (κ1) is 29.2. The third-order valence-corrected chi connectivity index (χ3v) is 7.92. The fourth-order valence-corrected chi connectivity index (χ4v) is 5.70. The van der Waals surface area contributed by atoms with Gasteiger partial charge in [0.1, 0.15) is 5.82 Å². The van der Waals surface area contributed by atoms with Gasteiger partial charge in [0.25, 0.3) is 5.91 Å². The van der Waals surface area contributed by atoms with E-state index in [-0.39, 0.29) is 43.2 Å². The predicted octanol–water partition coefficient (Wildman–Crippen LogP) is 5.32. The molecule has 0 aliphatic rings. The Balaban J connectivity index is 0.00000353. The van der Waals surface area contributed by atoms with Crippen molar-refractivity contribution in [3.63, 3.8) is 0 Å². The Hall–Kier alpha value is -4.26. The number of nitrogens with one attached hydrogen (secondary N) is 3. The van der Waals surface area contributed by atoms with Gasteiger partial charge in [-0.15, -0.1) is 23.7 Å². The lowest BCUT2D eigenvalue weighted by Gasteiger charge is -2.18. The Morgan fingerprint density at radius 3 is 2.83 bits per heavy atom. The minimum absolute atomic E-state index is 0. The smallest absolute Gasteiger partial charge is 0.252 e. The largest absolute Gasteiger partial charge is 0.355 e. The molecule has 4 aromatic heterocycles. The zero-order valence-electron chi connectivity index (χ0n) is 22.6. The average molecular weight is 626 g/mol. The van der Waals surface area contributed by atoms with Crippen LogP contribution in [-0.4, -0.2) is 48.8 Å². The number of halogens is 2. The molecule has 11 nitrogen and oxygen atoms in total. The van der Waals surface area contributed by atoms with Crippen LogP contribution in [0.15, 0.2) is 58.6 Å². The number of carbonyl (C=O) groups excluding carboxylic acids is 2. The molecule has 0 saturated heterocycles. The highest BCUT2D eigenvalue weighted by Crippen LogP contribution is 2.34. The van der Waals surface area contributed by atoms with E-state index in [4.69, 9.17) is 21.1 Å². The van der Waals surface area contributed by atoms with Crippen LogP contribution in [0, 0.1) is 0 Å². The van der Waals surface area contributed by atoms with E-state index in [9.17, 15) is 9.59 Å². The first-order valence-electron chi connectivity index (χ1n) is 12.9. The first-order valence-corrected chi connectivity index (χ1v) is 14.1. The topological polar surface area (TPSA) is 144 Å². The van der Waals surface area contributed by atoms with Gasteiger partial charge in [-0.05, 0) is 36.6 Å². The molecule has 0 fully saturated rings. The number of benzene rings is 2. The highest BCUT2D eigenvalue weighted by molar-refractivity contribution is 7.09. The summed E-state index contributed by atoms with van der Waals surface area (Å²) >= 11 is 8.15. The maximum absolute atomic E-state index is 13.0. The molecule has 0 aliphatic heterocycles. The number of imidazole rings is 1. The second-order valence-corrected chi connectivity index (χ2v) is 11.0. The standard InChI is InChI=1S/C28H25ClN8O3S.ClH/c1-15(8-25(38)31-14-26-34-24(36-40-26)10-18-4-3-7-41-18)37-23-12-20(29)19(28(39)30-2)11-22(23)33-27(37)16-5-6-17-13-32-35-21(17)9-16;/h3-7,9,11-13,15H,8,10,14H2,1-2H3,(H,30,39)(H,31,38)(H,32,35);1H/t15-;/m0./s1. The Bertz CT molecular complexity index is 1880. The zero-order chi connectivity index (χ0) is 28.5. The summed E-state index contributed by atoms with van der Waals surface area (Å²) in [4.78, 5) is 35.8. The van der Waals surface area contributed by atoms with E-state index >= 15 is 0 Å². The molecule has 0 spiro atoms. The SMILES string of the molecule is CNC(=O)c1cc2nc(-c3ccc4cn[nH]c4c3)n([C@@H](C)CC(=O)NCc3nc(Cc4cccs4)no3)c2cc1Cl.Cl. The molecule has 0 radical (unpaired) electrons. The summed E-state index contributed by atoms with van der Waals surface area (Å²) < 4.78 is 7.29. The van der Waals surface area contributed by atoms with Crippen LogP contribution in [-0.2, 0) is 17.8 Å². The number of thiophene rings is 1. The van der Waals surface area contributed by atoms with Gasteiger partial charge in [-0.2, -0.15) is 10.1 Å². The number of H-pyrrole nitrogens is 1. The molecular weight excluding hydrogens is 599 g/mol. The van der Waals surface area contributed by atoms with Crippen LogP contribution in [0.2, 0.25) is 5.02 Å². The highest BCUT2D eigenvalue weighted by Gasteiger charge is 2.23. The minimum Gasteiger partial charge on any atom is -0.355 e. The zero-order valence-corrected chi connectivity index (χ0v) is 24.9. The summed E-state index contributed by atoms with van der Waals surface area (Å²) in [5.41, 5.74) is 3.30. The molecule has 14 heteroatoms. The Morgan fingerprint density at radius 1 is 1.19 bits per heavy atom. The van der Waals surface area contributed by atoms with Gasteiger partial charge in [0, 0.05) is 41.8 Å². The van der Waals surface area contributed by atoms with Gasteiger partial charge < -0.3 is 19.7 Å². The van der Waals surface area contributed by atoms with E-state index in [1.807, 2.05) is 47.2 Å². The van der Waals surface area contributed by atoms with Crippen molar-refractivity contribution in [2.75, 3.05) is 7.05 Å². The summed E-state index contributed by atoms with van der Waals surface area (Å²) in [7, 11) is 1.55. The van der Waals surface area contributed by atoms with E-state index in [0.29, 0.717) is 45.6 Å². The Morgan fingerprint density at radius 2 is 2.05 bits per heavy atom. The third-order valence-electron chi connectivity index (χ3n) is 6.73. The van der Waals surface area contributed by atoms with Gasteiger partial charge in [0.05, 0.1) is 39.9 Å². The van der Waals surface area contributed by atoms with Crippen molar-refractivity contribution in [2.45, 2.75) is 32.4 Å². The molecule has 6 aromatic rings. The molecule has 216 valence electrons. The second-order valence-electron chi connectivity index (χ2n) is 9.57.